The first-order valence-electron chi connectivity index (χ1n) is 7.58. The molecule has 0 saturated heterocycles. The maximum absolute atomic E-state index is 12.8. The van der Waals surface area contributed by atoms with Crippen molar-refractivity contribution in [2.45, 2.75) is 39.5 Å². The van der Waals surface area contributed by atoms with Gasteiger partial charge in [-0.2, -0.15) is 0 Å². The number of aromatic hydroxyl groups is 1. The molecule has 2 rings (SSSR count). The highest BCUT2D eigenvalue weighted by Gasteiger charge is 2.19. The highest BCUT2D eigenvalue weighted by molar-refractivity contribution is 6.35. The quantitative estimate of drug-likeness (QED) is 0.668. The van der Waals surface area contributed by atoms with Crippen LogP contribution in [0.1, 0.15) is 66.6 Å². The van der Waals surface area contributed by atoms with Crippen molar-refractivity contribution in [1.82, 2.24) is 0 Å². The van der Waals surface area contributed by atoms with Gasteiger partial charge < -0.3 is 5.11 Å². The number of benzene rings is 2. The summed E-state index contributed by atoms with van der Waals surface area (Å²) in [5, 5.41) is 11.3. The van der Waals surface area contributed by atoms with Gasteiger partial charge in [-0.05, 0) is 53.3 Å². The van der Waals surface area contributed by atoms with E-state index in [1.165, 1.54) is 0 Å². The van der Waals surface area contributed by atoms with E-state index in [2.05, 4.69) is 0 Å². The number of hydrogen-bond acceptors (Lipinski definition) is 2. The third kappa shape index (κ3) is 3.88. The minimum absolute atomic E-state index is 0.114. The van der Waals surface area contributed by atoms with E-state index in [4.69, 9.17) is 23.2 Å². The van der Waals surface area contributed by atoms with Crippen LogP contribution in [0.3, 0.4) is 0 Å². The molecule has 2 aromatic carbocycles. The Morgan fingerprint density at radius 2 is 1.22 bits per heavy atom. The molecule has 2 nitrogen and oxygen atoms in total. The molecular weight excluding hydrogens is 331 g/mol. The first-order chi connectivity index (χ1) is 10.7. The van der Waals surface area contributed by atoms with Crippen molar-refractivity contribution < 1.29 is 9.90 Å². The maximum atomic E-state index is 12.8. The molecule has 0 atom stereocenters. The van der Waals surface area contributed by atoms with Crippen LogP contribution < -0.4 is 0 Å². The van der Waals surface area contributed by atoms with Gasteiger partial charge in [0.05, 0.1) is 0 Å². The molecule has 0 radical (unpaired) electrons. The van der Waals surface area contributed by atoms with E-state index in [0.717, 1.165) is 11.1 Å². The van der Waals surface area contributed by atoms with E-state index in [0.29, 0.717) is 21.2 Å². The summed E-state index contributed by atoms with van der Waals surface area (Å²) in [5.74, 6) is 0.347. The fourth-order valence-electron chi connectivity index (χ4n) is 2.54. The van der Waals surface area contributed by atoms with Crippen molar-refractivity contribution in [3.8, 4) is 5.75 Å². The lowest BCUT2D eigenvalue weighted by atomic mass is 9.89. The highest BCUT2D eigenvalue weighted by atomic mass is 35.5. The number of carbonyl (C=O) groups is 1. The molecule has 0 aromatic heterocycles. The average molecular weight is 351 g/mol. The molecule has 122 valence electrons. The zero-order valence-electron chi connectivity index (χ0n) is 13.7. The summed E-state index contributed by atoms with van der Waals surface area (Å²) in [6, 6.07) is 8.31. The van der Waals surface area contributed by atoms with E-state index < -0.39 is 0 Å². The fourth-order valence-corrected chi connectivity index (χ4v) is 3.07. The van der Waals surface area contributed by atoms with E-state index in [9.17, 15) is 9.90 Å². The van der Waals surface area contributed by atoms with Crippen LogP contribution in [0.5, 0.6) is 5.75 Å². The first kappa shape index (κ1) is 17.8. The number of carbonyl (C=O) groups excluding carboxylic acids is 1. The van der Waals surface area contributed by atoms with Gasteiger partial charge in [0.2, 0.25) is 0 Å². The molecule has 0 spiro atoms. The Balaban J connectivity index is 2.60. The van der Waals surface area contributed by atoms with E-state index >= 15 is 0 Å². The van der Waals surface area contributed by atoms with Crippen LogP contribution in [-0.4, -0.2) is 10.9 Å². The Kier molecular flexibility index (Phi) is 5.38. The number of phenols is 1. The molecule has 23 heavy (non-hydrogen) atoms. The van der Waals surface area contributed by atoms with Gasteiger partial charge in [-0.1, -0.05) is 50.9 Å². The molecule has 4 heteroatoms. The topological polar surface area (TPSA) is 37.3 Å². The Bertz CT molecular complexity index is 700. The Labute approximate surface area is 147 Å². The lowest BCUT2D eigenvalue weighted by Gasteiger charge is -2.17. The molecule has 0 amide bonds. The van der Waals surface area contributed by atoms with Crippen LogP contribution in [0.25, 0.3) is 0 Å². The van der Waals surface area contributed by atoms with Gasteiger partial charge in [-0.25, -0.2) is 0 Å². The molecule has 2 aromatic rings. The van der Waals surface area contributed by atoms with Crippen LogP contribution >= 0.6 is 23.2 Å². The predicted molar refractivity (Wildman–Crippen MR) is 96.2 cm³/mol. The van der Waals surface area contributed by atoms with Gasteiger partial charge in [0.1, 0.15) is 5.75 Å². The number of halogens is 2. The summed E-state index contributed by atoms with van der Waals surface area (Å²) in [5.41, 5.74) is 2.52. The van der Waals surface area contributed by atoms with Crippen molar-refractivity contribution >= 4 is 29.0 Å². The van der Waals surface area contributed by atoms with Crippen LogP contribution in [0.15, 0.2) is 30.3 Å². The molecule has 0 unspecified atom stereocenters. The van der Waals surface area contributed by atoms with Gasteiger partial charge >= 0.3 is 0 Å². The molecule has 0 aliphatic carbocycles. The smallest absolute Gasteiger partial charge is 0.193 e. The second-order valence-electron chi connectivity index (χ2n) is 6.30. The number of hydrogen-bond donors (Lipinski definition) is 1. The Hall–Kier alpha value is -1.51. The van der Waals surface area contributed by atoms with Gasteiger partial charge in [0.15, 0.2) is 5.78 Å². The average Bonchev–Trinajstić information content (AvgIpc) is 2.45. The zero-order valence-corrected chi connectivity index (χ0v) is 15.2. The van der Waals surface area contributed by atoms with Crippen molar-refractivity contribution in [2.24, 2.45) is 0 Å². The SMILES string of the molecule is CC(C)c1cc(C(=O)c2cc(Cl)cc(Cl)c2)cc(C(C)C)c1O. The summed E-state index contributed by atoms with van der Waals surface area (Å²) < 4.78 is 0. The number of phenolic OH excluding ortho intramolecular Hbond substituents is 1. The number of rotatable bonds is 4. The Morgan fingerprint density at radius 1 is 0.826 bits per heavy atom. The normalized spacial score (nSPS) is 11.3. The third-order valence-electron chi connectivity index (χ3n) is 3.80. The third-order valence-corrected chi connectivity index (χ3v) is 4.24. The standard InChI is InChI=1S/C19H20Cl2O2/c1-10(2)16-7-13(8-17(11(3)4)19(16)23)18(22)12-5-14(20)9-15(21)6-12/h5-11,23H,1-4H3. The molecule has 1 N–H and O–H groups in total. The zero-order chi connectivity index (χ0) is 17.3. The summed E-state index contributed by atoms with van der Waals surface area (Å²) in [7, 11) is 0. The van der Waals surface area contributed by atoms with Gasteiger partial charge in [0, 0.05) is 21.2 Å². The van der Waals surface area contributed by atoms with Crippen LogP contribution in [-0.2, 0) is 0 Å². The largest absolute Gasteiger partial charge is 0.507 e. The predicted octanol–water partition coefficient (Wildman–Crippen LogP) is 6.18. The first-order valence-corrected chi connectivity index (χ1v) is 8.34. The summed E-state index contributed by atoms with van der Waals surface area (Å²) in [6.07, 6.45) is 0. The summed E-state index contributed by atoms with van der Waals surface area (Å²) in [6.45, 7) is 7.96. The molecular formula is C19H20Cl2O2. The van der Waals surface area contributed by atoms with Crippen molar-refractivity contribution in [1.29, 1.82) is 0 Å². The molecule has 0 aliphatic heterocycles. The highest BCUT2D eigenvalue weighted by Crippen LogP contribution is 2.35. The van der Waals surface area contributed by atoms with E-state index in [1.54, 1.807) is 30.3 Å². The van der Waals surface area contributed by atoms with E-state index in [-0.39, 0.29) is 23.4 Å². The molecule has 0 heterocycles. The Morgan fingerprint density at radius 3 is 1.61 bits per heavy atom. The minimum Gasteiger partial charge on any atom is -0.507 e. The lowest BCUT2D eigenvalue weighted by Crippen LogP contribution is -2.06. The molecule has 0 fully saturated rings. The molecule has 0 saturated carbocycles. The van der Waals surface area contributed by atoms with Crippen LogP contribution in [0.2, 0.25) is 10.0 Å². The van der Waals surface area contributed by atoms with Crippen molar-refractivity contribution in [3.05, 3.63) is 62.6 Å². The summed E-state index contributed by atoms with van der Waals surface area (Å²) in [4.78, 5) is 12.8. The second kappa shape index (κ2) is 6.94. The van der Waals surface area contributed by atoms with Gasteiger partial charge in [-0.15, -0.1) is 0 Å². The van der Waals surface area contributed by atoms with Crippen molar-refractivity contribution in [3.63, 3.8) is 0 Å². The fraction of sp³-hybridized carbons (Fsp3) is 0.316. The minimum atomic E-state index is -0.154. The van der Waals surface area contributed by atoms with Crippen LogP contribution in [0, 0.1) is 0 Å². The van der Waals surface area contributed by atoms with Crippen LogP contribution in [0.4, 0.5) is 0 Å². The van der Waals surface area contributed by atoms with Gasteiger partial charge in [-0.3, -0.25) is 4.79 Å². The second-order valence-corrected chi connectivity index (χ2v) is 7.17. The van der Waals surface area contributed by atoms with Crippen molar-refractivity contribution in [2.75, 3.05) is 0 Å². The lowest BCUT2D eigenvalue weighted by molar-refractivity contribution is 0.103. The monoisotopic (exact) mass is 350 g/mol. The molecule has 0 bridgehead atoms. The van der Waals surface area contributed by atoms with Gasteiger partial charge in [0.25, 0.3) is 0 Å². The maximum Gasteiger partial charge on any atom is 0.193 e. The summed E-state index contributed by atoms with van der Waals surface area (Å²) >= 11 is 12.0. The molecule has 0 aliphatic rings. The van der Waals surface area contributed by atoms with E-state index in [1.807, 2.05) is 27.7 Å². The number of ketones is 1.